The number of hydrogen-bond acceptors (Lipinski definition) is 2. The summed E-state index contributed by atoms with van der Waals surface area (Å²) in [6.45, 7) is 8.70. The van der Waals surface area contributed by atoms with Gasteiger partial charge in [-0.25, -0.2) is 0 Å². The molecule has 1 aromatic rings. The van der Waals surface area contributed by atoms with E-state index in [2.05, 4.69) is 25.8 Å². The van der Waals surface area contributed by atoms with Crippen LogP contribution in [0.15, 0.2) is 18.3 Å². The quantitative estimate of drug-likeness (QED) is 0.806. The molecule has 2 unspecified atom stereocenters. The maximum absolute atomic E-state index is 10.9. The highest BCUT2D eigenvalue weighted by Gasteiger charge is 2.43. The summed E-state index contributed by atoms with van der Waals surface area (Å²) < 4.78 is 0. The Morgan fingerprint density at radius 2 is 2.00 bits per heavy atom. The predicted octanol–water partition coefficient (Wildman–Crippen LogP) is 3.42. The smallest absolute Gasteiger partial charge is 0.0937 e. The van der Waals surface area contributed by atoms with Crippen LogP contribution in [0.25, 0.3) is 0 Å². The third-order valence-corrected chi connectivity index (χ3v) is 4.27. The summed E-state index contributed by atoms with van der Waals surface area (Å²) in [5.74, 6) is 0.288. The minimum Gasteiger partial charge on any atom is -0.385 e. The summed E-state index contributed by atoms with van der Waals surface area (Å²) in [7, 11) is 0. The van der Waals surface area contributed by atoms with Gasteiger partial charge in [-0.1, -0.05) is 26.8 Å². The molecule has 0 radical (unpaired) electrons. The molecule has 1 saturated carbocycles. The summed E-state index contributed by atoms with van der Waals surface area (Å²) in [5.41, 5.74) is 1.65. The third kappa shape index (κ3) is 2.37. The molecule has 2 nitrogen and oxygen atoms in total. The van der Waals surface area contributed by atoms with Gasteiger partial charge in [0.2, 0.25) is 0 Å². The number of aliphatic hydroxyl groups is 1. The normalized spacial score (nSPS) is 32.4. The lowest BCUT2D eigenvalue weighted by Gasteiger charge is -2.45. The highest BCUT2D eigenvalue weighted by Crippen LogP contribution is 2.48. The standard InChI is InChI=1S/C15H23NO/c1-11-9-14(3,4)7-8-15(11,17)13-6-5-12(2)16-10-13/h5-6,10-11,17H,7-9H2,1-4H3. The Balaban J connectivity index is 2.28. The van der Waals surface area contributed by atoms with Crippen LogP contribution in [-0.2, 0) is 5.60 Å². The second-order valence-electron chi connectivity index (χ2n) is 6.38. The van der Waals surface area contributed by atoms with Crippen molar-refractivity contribution < 1.29 is 5.11 Å². The van der Waals surface area contributed by atoms with Crippen LogP contribution < -0.4 is 0 Å². The van der Waals surface area contributed by atoms with E-state index in [4.69, 9.17) is 0 Å². The first-order valence-electron chi connectivity index (χ1n) is 6.49. The van der Waals surface area contributed by atoms with Gasteiger partial charge in [-0.3, -0.25) is 4.98 Å². The number of aryl methyl sites for hydroxylation is 1. The van der Waals surface area contributed by atoms with E-state index in [9.17, 15) is 5.11 Å². The number of aromatic nitrogens is 1. The third-order valence-electron chi connectivity index (χ3n) is 4.27. The van der Waals surface area contributed by atoms with Crippen LogP contribution in [0.4, 0.5) is 0 Å². The largest absolute Gasteiger partial charge is 0.385 e. The van der Waals surface area contributed by atoms with Gasteiger partial charge in [0, 0.05) is 17.5 Å². The molecule has 0 bridgehead atoms. The average Bonchev–Trinajstić information content (AvgIpc) is 2.25. The molecule has 17 heavy (non-hydrogen) atoms. The second-order valence-corrected chi connectivity index (χ2v) is 6.38. The fourth-order valence-electron chi connectivity index (χ4n) is 3.03. The molecule has 1 aliphatic rings. The maximum atomic E-state index is 10.9. The van der Waals surface area contributed by atoms with Gasteiger partial charge in [-0.05, 0) is 43.6 Å². The molecule has 94 valence electrons. The van der Waals surface area contributed by atoms with E-state index in [-0.39, 0.29) is 5.92 Å². The highest BCUT2D eigenvalue weighted by atomic mass is 16.3. The molecular formula is C15H23NO. The molecule has 0 aromatic carbocycles. The number of hydrogen-bond donors (Lipinski definition) is 1. The Morgan fingerprint density at radius 1 is 1.29 bits per heavy atom. The van der Waals surface area contributed by atoms with Crippen molar-refractivity contribution in [2.45, 2.75) is 52.6 Å². The molecule has 1 fully saturated rings. The first-order chi connectivity index (χ1) is 7.83. The van der Waals surface area contributed by atoms with E-state index in [1.54, 1.807) is 0 Å². The van der Waals surface area contributed by atoms with Crippen LogP contribution in [0, 0.1) is 18.3 Å². The van der Waals surface area contributed by atoms with Gasteiger partial charge < -0.3 is 5.11 Å². The molecular weight excluding hydrogens is 210 g/mol. The molecule has 0 amide bonds. The first-order valence-corrected chi connectivity index (χ1v) is 6.49. The van der Waals surface area contributed by atoms with Gasteiger partial charge in [0.05, 0.1) is 5.60 Å². The molecule has 2 atom stereocenters. The van der Waals surface area contributed by atoms with Crippen molar-refractivity contribution in [3.8, 4) is 0 Å². The topological polar surface area (TPSA) is 33.1 Å². The fourth-order valence-corrected chi connectivity index (χ4v) is 3.03. The van der Waals surface area contributed by atoms with E-state index in [0.717, 1.165) is 30.5 Å². The van der Waals surface area contributed by atoms with Gasteiger partial charge >= 0.3 is 0 Å². The van der Waals surface area contributed by atoms with Gasteiger partial charge in [0.15, 0.2) is 0 Å². The first kappa shape index (κ1) is 12.6. The van der Waals surface area contributed by atoms with Crippen LogP contribution in [0.3, 0.4) is 0 Å². The Morgan fingerprint density at radius 3 is 2.53 bits per heavy atom. The Kier molecular flexibility index (Phi) is 3.03. The Hall–Kier alpha value is -0.890. The number of pyridine rings is 1. The zero-order valence-electron chi connectivity index (χ0n) is 11.3. The van der Waals surface area contributed by atoms with Crippen molar-refractivity contribution in [2.75, 3.05) is 0 Å². The zero-order chi connectivity index (χ0) is 12.7. The van der Waals surface area contributed by atoms with Crippen molar-refractivity contribution in [3.05, 3.63) is 29.6 Å². The number of nitrogens with zero attached hydrogens (tertiary/aromatic N) is 1. The fraction of sp³-hybridized carbons (Fsp3) is 0.667. The molecule has 0 saturated heterocycles. The van der Waals surface area contributed by atoms with Crippen LogP contribution >= 0.6 is 0 Å². The van der Waals surface area contributed by atoms with E-state index >= 15 is 0 Å². The lowest BCUT2D eigenvalue weighted by atomic mass is 9.63. The van der Waals surface area contributed by atoms with Crippen molar-refractivity contribution in [2.24, 2.45) is 11.3 Å². The lowest BCUT2D eigenvalue weighted by Crippen LogP contribution is -2.41. The van der Waals surface area contributed by atoms with E-state index in [1.165, 1.54) is 0 Å². The predicted molar refractivity (Wildman–Crippen MR) is 69.7 cm³/mol. The van der Waals surface area contributed by atoms with Crippen LogP contribution in [-0.4, -0.2) is 10.1 Å². The second kappa shape index (κ2) is 4.09. The van der Waals surface area contributed by atoms with Gasteiger partial charge in [0.25, 0.3) is 0 Å². The molecule has 0 spiro atoms. The lowest BCUT2D eigenvalue weighted by molar-refractivity contribution is -0.0772. The van der Waals surface area contributed by atoms with E-state index in [1.807, 2.05) is 25.3 Å². The van der Waals surface area contributed by atoms with Crippen LogP contribution in [0.5, 0.6) is 0 Å². The molecule has 1 N–H and O–H groups in total. The molecule has 1 heterocycles. The Labute approximate surface area is 104 Å². The van der Waals surface area contributed by atoms with Gasteiger partial charge in [-0.2, -0.15) is 0 Å². The summed E-state index contributed by atoms with van der Waals surface area (Å²) >= 11 is 0. The molecule has 1 aliphatic carbocycles. The number of rotatable bonds is 1. The van der Waals surface area contributed by atoms with Crippen molar-refractivity contribution in [1.29, 1.82) is 0 Å². The zero-order valence-corrected chi connectivity index (χ0v) is 11.3. The molecule has 1 aromatic heterocycles. The highest BCUT2D eigenvalue weighted by molar-refractivity contribution is 5.22. The minimum absolute atomic E-state index is 0.288. The van der Waals surface area contributed by atoms with Crippen molar-refractivity contribution in [3.63, 3.8) is 0 Å². The summed E-state index contributed by atoms with van der Waals surface area (Å²) in [6.07, 6.45) is 4.81. The maximum Gasteiger partial charge on any atom is 0.0937 e. The minimum atomic E-state index is -0.684. The summed E-state index contributed by atoms with van der Waals surface area (Å²) in [6, 6.07) is 4.01. The molecule has 2 rings (SSSR count). The van der Waals surface area contributed by atoms with E-state index < -0.39 is 5.60 Å². The van der Waals surface area contributed by atoms with Gasteiger partial charge in [0.1, 0.15) is 0 Å². The monoisotopic (exact) mass is 233 g/mol. The van der Waals surface area contributed by atoms with Crippen LogP contribution in [0.2, 0.25) is 0 Å². The summed E-state index contributed by atoms with van der Waals surface area (Å²) in [5, 5.41) is 10.9. The van der Waals surface area contributed by atoms with Crippen molar-refractivity contribution in [1.82, 2.24) is 4.98 Å². The van der Waals surface area contributed by atoms with Crippen molar-refractivity contribution >= 4 is 0 Å². The van der Waals surface area contributed by atoms with E-state index in [0.29, 0.717) is 5.41 Å². The van der Waals surface area contributed by atoms with Gasteiger partial charge in [-0.15, -0.1) is 0 Å². The molecule has 2 heteroatoms. The SMILES string of the molecule is Cc1ccc(C2(O)CCC(C)(C)CC2C)cn1. The Bertz CT molecular complexity index is 396. The van der Waals surface area contributed by atoms with Crippen LogP contribution in [0.1, 0.15) is 51.3 Å². The summed E-state index contributed by atoms with van der Waals surface area (Å²) in [4.78, 5) is 4.31. The average molecular weight is 233 g/mol. The molecule has 0 aliphatic heterocycles.